The Balaban J connectivity index is 0.00000180. The third-order valence-corrected chi connectivity index (χ3v) is 3.96. The highest BCUT2D eigenvalue weighted by Gasteiger charge is 2.22. The molecule has 4 nitrogen and oxygen atoms in total. The zero-order chi connectivity index (χ0) is 13.2. The van der Waals surface area contributed by atoms with Gasteiger partial charge in [-0.3, -0.25) is 4.79 Å². The van der Waals surface area contributed by atoms with Gasteiger partial charge in [0, 0.05) is 10.8 Å². The van der Waals surface area contributed by atoms with Crippen molar-refractivity contribution >= 4 is 29.7 Å². The van der Waals surface area contributed by atoms with Crippen molar-refractivity contribution in [2.75, 3.05) is 6.54 Å². The molecule has 2 rings (SSSR count). The summed E-state index contributed by atoms with van der Waals surface area (Å²) in [4.78, 5) is 16.4. The molecule has 1 amide bonds. The van der Waals surface area contributed by atoms with E-state index in [2.05, 4.69) is 41.8 Å². The summed E-state index contributed by atoms with van der Waals surface area (Å²) in [5.74, 6) is 0.0972. The summed E-state index contributed by atoms with van der Waals surface area (Å²) in [6.45, 7) is 7.92. The molecule has 0 radical (unpaired) electrons. The van der Waals surface area contributed by atoms with Crippen molar-refractivity contribution in [3.8, 4) is 0 Å². The van der Waals surface area contributed by atoms with Crippen molar-refractivity contribution in [1.29, 1.82) is 0 Å². The molecule has 19 heavy (non-hydrogen) atoms. The predicted molar refractivity (Wildman–Crippen MR) is 80.9 cm³/mol. The number of hydrogen-bond donors (Lipinski definition) is 2. The second-order valence-corrected chi connectivity index (χ2v) is 6.69. The summed E-state index contributed by atoms with van der Waals surface area (Å²) < 4.78 is 0. The molecular weight excluding hydrogens is 282 g/mol. The Morgan fingerprint density at radius 2 is 2.32 bits per heavy atom. The van der Waals surface area contributed by atoms with Gasteiger partial charge in [0.15, 0.2) is 0 Å². The van der Waals surface area contributed by atoms with Crippen LogP contribution in [-0.4, -0.2) is 23.5 Å². The Hall–Kier alpha value is -0.650. The van der Waals surface area contributed by atoms with Gasteiger partial charge in [-0.2, -0.15) is 0 Å². The molecule has 2 heterocycles. The number of carbonyl (C=O) groups is 1. The number of nitrogens with zero attached hydrogens (tertiary/aromatic N) is 1. The van der Waals surface area contributed by atoms with Crippen molar-refractivity contribution in [2.45, 2.75) is 51.6 Å². The Labute approximate surface area is 124 Å². The second-order valence-electron chi connectivity index (χ2n) is 5.74. The average Bonchev–Trinajstić information content (AvgIpc) is 2.96. The lowest BCUT2D eigenvalue weighted by Crippen LogP contribution is -2.40. The van der Waals surface area contributed by atoms with Gasteiger partial charge in [-0.25, -0.2) is 4.98 Å². The van der Waals surface area contributed by atoms with E-state index in [1.165, 1.54) is 0 Å². The van der Waals surface area contributed by atoms with E-state index in [0.717, 1.165) is 30.1 Å². The summed E-state index contributed by atoms with van der Waals surface area (Å²) in [6, 6.07) is -0.00736. The molecule has 2 N–H and O–H groups in total. The summed E-state index contributed by atoms with van der Waals surface area (Å²) in [7, 11) is 0. The zero-order valence-corrected chi connectivity index (χ0v) is 13.3. The maximum absolute atomic E-state index is 11.8. The fourth-order valence-corrected chi connectivity index (χ4v) is 2.89. The number of halogens is 1. The van der Waals surface area contributed by atoms with Crippen LogP contribution < -0.4 is 10.6 Å². The van der Waals surface area contributed by atoms with Gasteiger partial charge in [0.2, 0.25) is 5.91 Å². The number of rotatable bonds is 3. The van der Waals surface area contributed by atoms with Crippen LogP contribution in [0.15, 0.2) is 5.38 Å². The number of carbonyl (C=O) groups excluding carboxylic acids is 1. The fraction of sp³-hybridized carbons (Fsp3) is 0.692. The monoisotopic (exact) mass is 303 g/mol. The second kappa shape index (κ2) is 6.68. The number of nitrogens with one attached hydrogen (secondary N) is 2. The first-order valence-electron chi connectivity index (χ1n) is 6.43. The van der Waals surface area contributed by atoms with E-state index in [1.54, 1.807) is 11.3 Å². The third kappa shape index (κ3) is 4.44. The van der Waals surface area contributed by atoms with Gasteiger partial charge in [0.05, 0.1) is 18.3 Å². The molecule has 0 saturated carbocycles. The van der Waals surface area contributed by atoms with Crippen LogP contribution in [-0.2, 0) is 16.8 Å². The molecule has 0 bridgehead atoms. The molecule has 0 aliphatic carbocycles. The predicted octanol–water partition coefficient (Wildman–Crippen LogP) is 2.23. The van der Waals surface area contributed by atoms with Gasteiger partial charge >= 0.3 is 0 Å². The van der Waals surface area contributed by atoms with Crippen LogP contribution in [0.4, 0.5) is 0 Å². The summed E-state index contributed by atoms with van der Waals surface area (Å²) in [5, 5.41) is 9.20. The van der Waals surface area contributed by atoms with E-state index in [1.807, 2.05) is 0 Å². The van der Waals surface area contributed by atoms with Crippen molar-refractivity contribution in [1.82, 2.24) is 15.6 Å². The average molecular weight is 304 g/mol. The van der Waals surface area contributed by atoms with E-state index >= 15 is 0 Å². The number of aromatic nitrogens is 1. The standard InChI is InChI=1S/C13H21N3OS.ClH/c1-13(2,3)10-8-18-11(16-10)7-15-12(17)9-5-4-6-14-9;/h8-9,14H,4-7H2,1-3H3,(H,15,17);1H/t9-;/m0./s1. The zero-order valence-electron chi connectivity index (χ0n) is 11.7. The van der Waals surface area contributed by atoms with Gasteiger partial charge in [-0.15, -0.1) is 23.7 Å². The van der Waals surface area contributed by atoms with Crippen molar-refractivity contribution < 1.29 is 4.79 Å². The number of thiazole rings is 1. The van der Waals surface area contributed by atoms with Crippen LogP contribution in [0.25, 0.3) is 0 Å². The maximum Gasteiger partial charge on any atom is 0.237 e. The van der Waals surface area contributed by atoms with Gasteiger partial charge in [-0.1, -0.05) is 20.8 Å². The van der Waals surface area contributed by atoms with Crippen molar-refractivity contribution in [3.63, 3.8) is 0 Å². The minimum absolute atomic E-state index is 0. The normalized spacial score (nSPS) is 19.0. The molecule has 0 unspecified atom stereocenters. The molecule has 6 heteroatoms. The SMILES string of the molecule is CC(C)(C)c1csc(CNC(=O)[C@@H]2CCCN2)n1.Cl. The summed E-state index contributed by atoms with van der Waals surface area (Å²) >= 11 is 1.61. The minimum atomic E-state index is -0.00736. The highest BCUT2D eigenvalue weighted by Crippen LogP contribution is 2.23. The molecule has 1 aliphatic heterocycles. The summed E-state index contributed by atoms with van der Waals surface area (Å²) in [6.07, 6.45) is 2.03. The lowest BCUT2D eigenvalue weighted by atomic mass is 9.93. The third-order valence-electron chi connectivity index (χ3n) is 3.11. The van der Waals surface area contributed by atoms with Crippen LogP contribution in [0.5, 0.6) is 0 Å². The Morgan fingerprint density at radius 3 is 2.84 bits per heavy atom. The van der Waals surface area contributed by atoms with E-state index in [0.29, 0.717) is 6.54 Å². The molecule has 1 aromatic rings. The van der Waals surface area contributed by atoms with Crippen molar-refractivity contribution in [3.05, 3.63) is 16.1 Å². The van der Waals surface area contributed by atoms with E-state index < -0.39 is 0 Å². The molecule has 0 spiro atoms. The molecule has 1 saturated heterocycles. The van der Waals surface area contributed by atoms with Gasteiger partial charge < -0.3 is 10.6 Å². The molecule has 0 aromatic carbocycles. The first-order chi connectivity index (χ1) is 8.47. The minimum Gasteiger partial charge on any atom is -0.348 e. The van der Waals surface area contributed by atoms with Crippen LogP contribution in [0.1, 0.15) is 44.3 Å². The van der Waals surface area contributed by atoms with Crippen LogP contribution in [0.2, 0.25) is 0 Å². The Kier molecular flexibility index (Phi) is 5.77. The van der Waals surface area contributed by atoms with E-state index in [-0.39, 0.29) is 29.8 Å². The first-order valence-corrected chi connectivity index (χ1v) is 7.31. The molecule has 1 aliphatic rings. The number of amides is 1. The van der Waals surface area contributed by atoms with E-state index in [4.69, 9.17) is 0 Å². The highest BCUT2D eigenvalue weighted by atomic mass is 35.5. The fourth-order valence-electron chi connectivity index (χ4n) is 1.93. The Morgan fingerprint density at radius 1 is 1.58 bits per heavy atom. The van der Waals surface area contributed by atoms with Crippen LogP contribution >= 0.6 is 23.7 Å². The molecule has 108 valence electrons. The summed E-state index contributed by atoms with van der Waals surface area (Å²) in [5.41, 5.74) is 1.17. The van der Waals surface area contributed by atoms with Crippen molar-refractivity contribution in [2.24, 2.45) is 0 Å². The maximum atomic E-state index is 11.8. The highest BCUT2D eigenvalue weighted by molar-refractivity contribution is 7.09. The number of hydrogen-bond acceptors (Lipinski definition) is 4. The van der Waals surface area contributed by atoms with Crippen LogP contribution in [0, 0.1) is 0 Å². The van der Waals surface area contributed by atoms with Gasteiger partial charge in [-0.05, 0) is 19.4 Å². The first kappa shape index (κ1) is 16.4. The van der Waals surface area contributed by atoms with Gasteiger partial charge in [0.1, 0.15) is 5.01 Å². The lowest BCUT2D eigenvalue weighted by Gasteiger charge is -2.14. The van der Waals surface area contributed by atoms with Crippen LogP contribution in [0.3, 0.4) is 0 Å². The largest absolute Gasteiger partial charge is 0.348 e. The quantitative estimate of drug-likeness (QED) is 0.900. The van der Waals surface area contributed by atoms with Gasteiger partial charge in [0.25, 0.3) is 0 Å². The lowest BCUT2D eigenvalue weighted by molar-refractivity contribution is -0.122. The van der Waals surface area contributed by atoms with E-state index in [9.17, 15) is 4.79 Å². The molecular formula is C13H22ClN3OS. The molecule has 1 atom stereocenters. The molecule has 1 aromatic heterocycles. The molecule has 1 fully saturated rings. The topological polar surface area (TPSA) is 54.0 Å². The Bertz CT molecular complexity index is 422. The smallest absolute Gasteiger partial charge is 0.237 e.